The Morgan fingerprint density at radius 2 is 1.64 bits per heavy atom. The Morgan fingerprint density at radius 3 is 2.21 bits per heavy atom. The average molecular weight is 451 g/mol. The third-order valence-electron chi connectivity index (χ3n) is 7.06. The van der Waals surface area contributed by atoms with Gasteiger partial charge in [0.15, 0.2) is 0 Å². The quantitative estimate of drug-likeness (QED) is 0.539. The van der Waals surface area contributed by atoms with E-state index in [9.17, 15) is 19.5 Å². The molecule has 2 aromatic rings. The van der Waals surface area contributed by atoms with E-state index in [-0.39, 0.29) is 36.8 Å². The minimum Gasteiger partial charge on any atom is -0.481 e. The van der Waals surface area contributed by atoms with Gasteiger partial charge in [0.25, 0.3) is 0 Å². The van der Waals surface area contributed by atoms with E-state index in [4.69, 9.17) is 4.74 Å². The zero-order chi connectivity index (χ0) is 23.6. The molecule has 0 aliphatic heterocycles. The highest BCUT2D eigenvalue weighted by Gasteiger charge is 2.44. The average Bonchev–Trinajstić information content (AvgIpc) is 3.54. The van der Waals surface area contributed by atoms with Crippen molar-refractivity contribution >= 4 is 18.0 Å². The minimum absolute atomic E-state index is 0.00436. The summed E-state index contributed by atoms with van der Waals surface area (Å²) in [5.74, 6) is -1.23. The van der Waals surface area contributed by atoms with Crippen LogP contribution in [0.3, 0.4) is 0 Å². The topological polar surface area (TPSA) is 105 Å². The van der Waals surface area contributed by atoms with Gasteiger partial charge in [-0.2, -0.15) is 0 Å². The van der Waals surface area contributed by atoms with Gasteiger partial charge in [-0.3, -0.25) is 9.59 Å². The molecule has 2 aliphatic rings. The molecule has 1 saturated carbocycles. The van der Waals surface area contributed by atoms with Gasteiger partial charge in [0, 0.05) is 24.9 Å². The second-order valence-corrected chi connectivity index (χ2v) is 9.25. The van der Waals surface area contributed by atoms with Crippen LogP contribution < -0.4 is 10.6 Å². The van der Waals surface area contributed by atoms with Crippen LogP contribution in [-0.4, -0.2) is 42.8 Å². The van der Waals surface area contributed by atoms with Gasteiger partial charge >= 0.3 is 12.1 Å². The van der Waals surface area contributed by atoms with Crippen LogP contribution in [-0.2, 0) is 14.3 Å². The smallest absolute Gasteiger partial charge is 0.407 e. The molecular formula is C26H30N2O5. The molecule has 0 saturated heterocycles. The minimum atomic E-state index is -0.973. The van der Waals surface area contributed by atoms with E-state index in [1.165, 1.54) is 11.1 Å². The molecule has 1 fully saturated rings. The Kier molecular flexibility index (Phi) is 6.40. The summed E-state index contributed by atoms with van der Waals surface area (Å²) < 4.78 is 5.53. The fourth-order valence-electron chi connectivity index (χ4n) is 4.42. The summed E-state index contributed by atoms with van der Waals surface area (Å²) in [6.07, 6.45) is 0.609. The Bertz CT molecular complexity index is 1020. The molecule has 0 heterocycles. The molecule has 33 heavy (non-hydrogen) atoms. The first-order chi connectivity index (χ1) is 15.8. The van der Waals surface area contributed by atoms with E-state index in [0.29, 0.717) is 19.4 Å². The predicted molar refractivity (Wildman–Crippen MR) is 124 cm³/mol. The van der Waals surface area contributed by atoms with Gasteiger partial charge in [0.05, 0.1) is 5.41 Å². The lowest BCUT2D eigenvalue weighted by Gasteiger charge is -2.23. The number of ether oxygens (including phenoxy) is 1. The molecule has 174 valence electrons. The number of nitrogens with one attached hydrogen (secondary N) is 2. The molecule has 2 aliphatic carbocycles. The predicted octanol–water partition coefficient (Wildman–Crippen LogP) is 3.78. The van der Waals surface area contributed by atoms with Crippen LogP contribution in [0.4, 0.5) is 4.79 Å². The summed E-state index contributed by atoms with van der Waals surface area (Å²) in [7, 11) is 0. The lowest BCUT2D eigenvalue weighted by atomic mass is 9.87. The largest absolute Gasteiger partial charge is 0.481 e. The van der Waals surface area contributed by atoms with Crippen LogP contribution in [0.15, 0.2) is 48.5 Å². The Hall–Kier alpha value is -3.35. The van der Waals surface area contributed by atoms with Gasteiger partial charge in [0.2, 0.25) is 5.91 Å². The van der Waals surface area contributed by atoms with Crippen LogP contribution in [0.1, 0.15) is 43.7 Å². The number of carbonyl (C=O) groups excluding carboxylic acids is 2. The molecule has 0 spiro atoms. The van der Waals surface area contributed by atoms with Crippen LogP contribution in [0, 0.1) is 17.3 Å². The van der Waals surface area contributed by atoms with E-state index in [2.05, 4.69) is 34.9 Å². The fraction of sp³-hybridized carbons (Fsp3) is 0.423. The Labute approximate surface area is 193 Å². The molecule has 0 radical (unpaired) electrons. The first-order valence-electron chi connectivity index (χ1n) is 11.4. The Balaban J connectivity index is 1.23. The van der Waals surface area contributed by atoms with Crippen LogP contribution in [0.2, 0.25) is 0 Å². The molecule has 3 N–H and O–H groups in total. The number of carbonyl (C=O) groups is 3. The summed E-state index contributed by atoms with van der Waals surface area (Å²) >= 11 is 0. The molecule has 3 atom stereocenters. The number of amides is 2. The molecular weight excluding hydrogens is 420 g/mol. The summed E-state index contributed by atoms with van der Waals surface area (Å²) in [6.45, 7) is 4.12. The molecule has 7 heteroatoms. The van der Waals surface area contributed by atoms with Crippen molar-refractivity contribution in [2.75, 3.05) is 19.7 Å². The normalized spacial score (nSPS) is 20.2. The van der Waals surface area contributed by atoms with Gasteiger partial charge in [-0.1, -0.05) is 55.5 Å². The van der Waals surface area contributed by atoms with E-state index >= 15 is 0 Å². The number of fused-ring (bicyclic) bond motifs is 3. The number of aliphatic carboxylic acids is 1. The van der Waals surface area contributed by atoms with Crippen LogP contribution >= 0.6 is 0 Å². The van der Waals surface area contributed by atoms with Crippen LogP contribution in [0.25, 0.3) is 11.1 Å². The number of alkyl carbamates (subject to hydrolysis) is 1. The molecule has 2 aromatic carbocycles. The van der Waals surface area contributed by atoms with Crippen molar-refractivity contribution < 1.29 is 24.2 Å². The van der Waals surface area contributed by atoms with Crippen molar-refractivity contribution in [1.82, 2.24) is 10.6 Å². The number of benzene rings is 2. The fourth-order valence-corrected chi connectivity index (χ4v) is 4.42. The second-order valence-electron chi connectivity index (χ2n) is 9.25. The summed E-state index contributed by atoms with van der Waals surface area (Å²) in [6, 6.07) is 16.3. The van der Waals surface area contributed by atoms with Crippen molar-refractivity contribution in [1.29, 1.82) is 0 Å². The highest BCUT2D eigenvalue weighted by molar-refractivity contribution is 5.83. The third kappa shape index (κ3) is 4.72. The Morgan fingerprint density at radius 1 is 1.03 bits per heavy atom. The monoisotopic (exact) mass is 450 g/mol. The highest BCUT2D eigenvalue weighted by atomic mass is 16.5. The van der Waals surface area contributed by atoms with Gasteiger partial charge in [-0.05, 0) is 47.9 Å². The number of carboxylic acids is 1. The van der Waals surface area contributed by atoms with Gasteiger partial charge in [-0.15, -0.1) is 0 Å². The molecule has 7 nitrogen and oxygen atoms in total. The first kappa shape index (κ1) is 22.8. The maximum absolute atomic E-state index is 12.3. The molecule has 0 aromatic heterocycles. The van der Waals surface area contributed by atoms with E-state index in [0.717, 1.165) is 11.1 Å². The molecule has 2 amide bonds. The maximum Gasteiger partial charge on any atom is 0.407 e. The molecule has 0 bridgehead atoms. The lowest BCUT2D eigenvalue weighted by molar-refractivity contribution is -0.148. The van der Waals surface area contributed by atoms with Gasteiger partial charge < -0.3 is 20.5 Å². The third-order valence-corrected chi connectivity index (χ3v) is 7.06. The lowest BCUT2D eigenvalue weighted by Crippen LogP contribution is -2.41. The van der Waals surface area contributed by atoms with Crippen LogP contribution in [0.5, 0.6) is 0 Å². The standard InChI is InChI=1S/C26H30N2O5/c1-3-26(2,24(30)31)15-28-23(29)21-12-16(21)13-27-25(32)33-14-22-19-10-6-4-8-17(19)18-9-5-7-11-20(18)22/h4-11,16,21-22H,3,12-15H2,1-2H3,(H,27,32)(H,28,29)(H,30,31)/t16-,21-,26?/m1/s1. The molecule has 4 rings (SSSR count). The zero-order valence-corrected chi connectivity index (χ0v) is 19.0. The summed E-state index contributed by atoms with van der Waals surface area (Å²) in [5, 5.41) is 14.8. The second kappa shape index (κ2) is 9.25. The van der Waals surface area contributed by atoms with Crippen molar-refractivity contribution in [3.63, 3.8) is 0 Å². The number of carboxylic acid groups (broad SMARTS) is 1. The van der Waals surface area contributed by atoms with Crippen molar-refractivity contribution in [2.24, 2.45) is 17.3 Å². The van der Waals surface area contributed by atoms with E-state index in [1.54, 1.807) is 13.8 Å². The summed E-state index contributed by atoms with van der Waals surface area (Å²) in [5.41, 5.74) is 3.70. The van der Waals surface area contributed by atoms with E-state index in [1.807, 2.05) is 24.3 Å². The highest BCUT2D eigenvalue weighted by Crippen LogP contribution is 2.44. The number of rotatable bonds is 9. The first-order valence-corrected chi connectivity index (χ1v) is 11.4. The van der Waals surface area contributed by atoms with Crippen molar-refractivity contribution in [2.45, 2.75) is 32.6 Å². The molecule has 1 unspecified atom stereocenters. The zero-order valence-electron chi connectivity index (χ0n) is 19.0. The SMILES string of the molecule is CCC(C)(CNC(=O)[C@@H]1C[C@@H]1CNC(=O)OCC1c2ccccc2-c2ccccc21)C(=O)O. The summed E-state index contributed by atoms with van der Waals surface area (Å²) in [4.78, 5) is 36.0. The number of hydrogen-bond acceptors (Lipinski definition) is 4. The van der Waals surface area contributed by atoms with E-state index < -0.39 is 17.5 Å². The maximum atomic E-state index is 12.3. The van der Waals surface area contributed by atoms with Gasteiger partial charge in [0.1, 0.15) is 6.61 Å². The van der Waals surface area contributed by atoms with Crippen molar-refractivity contribution in [3.8, 4) is 11.1 Å². The van der Waals surface area contributed by atoms with Crippen molar-refractivity contribution in [3.05, 3.63) is 59.7 Å². The van der Waals surface area contributed by atoms with Gasteiger partial charge in [-0.25, -0.2) is 4.79 Å². The number of hydrogen-bond donors (Lipinski definition) is 3.